The molecule has 0 aliphatic carbocycles. The number of aliphatic carboxylic acids is 1. The first kappa shape index (κ1) is 32.4. The molecule has 0 fully saturated rings. The third-order valence-corrected chi connectivity index (χ3v) is 8.84. The summed E-state index contributed by atoms with van der Waals surface area (Å²) in [7, 11) is 1.42. The number of rotatable bonds is 9. The number of pyridine rings is 2. The van der Waals surface area contributed by atoms with E-state index in [0.29, 0.717) is 10.9 Å². The van der Waals surface area contributed by atoms with Crippen molar-refractivity contribution in [1.29, 1.82) is 0 Å². The number of hydrogen-bond acceptors (Lipinski definition) is 4. The van der Waals surface area contributed by atoms with Crippen LogP contribution in [-0.4, -0.2) is 26.7 Å². The van der Waals surface area contributed by atoms with E-state index < -0.39 is 40.4 Å². The topological polar surface area (TPSA) is 84.2 Å². The molecule has 0 unspecified atom stereocenters. The quantitative estimate of drug-likeness (QED) is 0.159. The Bertz CT molecular complexity index is 2050. The lowest BCUT2D eigenvalue weighted by Crippen LogP contribution is -2.53. The zero-order valence-electron chi connectivity index (χ0n) is 26.2. The zero-order chi connectivity index (χ0) is 34.1. The molecule has 0 bridgehead atoms. The van der Waals surface area contributed by atoms with E-state index in [9.17, 15) is 27.9 Å². The number of carboxylic acids is 1. The van der Waals surface area contributed by atoms with E-state index in [0.717, 1.165) is 22.8 Å². The van der Waals surface area contributed by atoms with Crippen LogP contribution in [0.25, 0.3) is 22.0 Å². The first-order chi connectivity index (χ1) is 23.0. The van der Waals surface area contributed by atoms with Crippen LogP contribution in [0.2, 0.25) is 0 Å². The second kappa shape index (κ2) is 12.9. The molecule has 2 heterocycles. The summed E-state index contributed by atoms with van der Waals surface area (Å²) < 4.78 is 44.1. The summed E-state index contributed by atoms with van der Waals surface area (Å²) in [4.78, 5) is 30.9. The number of nitrogens with zero attached hydrogens (tertiary/aromatic N) is 2. The number of nitrogens with one attached hydrogen (secondary N) is 1. The molecule has 6 nitrogen and oxygen atoms in total. The molecule has 1 atom stereocenters. The molecule has 0 spiro atoms. The van der Waals surface area contributed by atoms with Crippen molar-refractivity contribution in [3.05, 3.63) is 171 Å². The fraction of sp³-hybridized carbons (Fsp3) is 0.154. The minimum Gasteiger partial charge on any atom is -0.480 e. The van der Waals surface area contributed by atoms with Gasteiger partial charge in [0.2, 0.25) is 0 Å². The SMILES string of the molecule is Cc1cc(C(F)(F)F)c(-c2ccc(C[C@H](NC(c3ccccc3)(c3ccccc3)c3ccccc3)C(=O)O)c3cccnc23)c(=O)n1C. The number of aromatic nitrogens is 2. The Labute approximate surface area is 275 Å². The molecule has 0 saturated carbocycles. The lowest BCUT2D eigenvalue weighted by molar-refractivity contribution is -0.140. The predicted octanol–water partition coefficient (Wildman–Crippen LogP) is 7.51. The normalized spacial score (nSPS) is 12.6. The van der Waals surface area contributed by atoms with E-state index in [1.165, 1.54) is 30.8 Å². The summed E-state index contributed by atoms with van der Waals surface area (Å²) in [6.07, 6.45) is -3.38. The summed E-state index contributed by atoms with van der Waals surface area (Å²) in [5.74, 6) is -1.12. The number of benzene rings is 4. The fourth-order valence-electron chi connectivity index (χ4n) is 6.41. The Morgan fingerprint density at radius 1 is 0.833 bits per heavy atom. The Morgan fingerprint density at radius 2 is 1.38 bits per heavy atom. The van der Waals surface area contributed by atoms with Crippen LogP contribution in [0.1, 0.15) is 33.5 Å². The van der Waals surface area contributed by atoms with Gasteiger partial charge in [-0.25, -0.2) is 0 Å². The van der Waals surface area contributed by atoms with Crippen molar-refractivity contribution in [1.82, 2.24) is 14.9 Å². The molecule has 0 aliphatic heterocycles. The molecular formula is C39H32F3N3O3. The van der Waals surface area contributed by atoms with Gasteiger partial charge >= 0.3 is 12.1 Å². The van der Waals surface area contributed by atoms with Crippen molar-refractivity contribution in [2.45, 2.75) is 31.1 Å². The van der Waals surface area contributed by atoms with Crippen LogP contribution in [0.4, 0.5) is 13.2 Å². The predicted molar refractivity (Wildman–Crippen MR) is 180 cm³/mol. The number of carbonyl (C=O) groups is 1. The third kappa shape index (κ3) is 5.89. The molecule has 0 aliphatic rings. The molecule has 2 aromatic heterocycles. The van der Waals surface area contributed by atoms with Gasteiger partial charge in [0, 0.05) is 29.9 Å². The van der Waals surface area contributed by atoms with Crippen molar-refractivity contribution >= 4 is 16.9 Å². The molecule has 6 aromatic rings. The van der Waals surface area contributed by atoms with Crippen LogP contribution in [-0.2, 0) is 30.0 Å². The van der Waals surface area contributed by atoms with Crippen molar-refractivity contribution in [2.75, 3.05) is 0 Å². The van der Waals surface area contributed by atoms with Gasteiger partial charge in [-0.2, -0.15) is 13.2 Å². The maximum atomic E-state index is 14.3. The Balaban J connectivity index is 1.52. The van der Waals surface area contributed by atoms with E-state index in [1.807, 2.05) is 91.0 Å². The van der Waals surface area contributed by atoms with Crippen LogP contribution < -0.4 is 10.9 Å². The van der Waals surface area contributed by atoms with Crippen molar-refractivity contribution in [2.24, 2.45) is 7.05 Å². The number of hydrogen-bond donors (Lipinski definition) is 2. The standard InChI is InChI=1S/C39H32F3N3O3/c1-25-23-32(39(40,41)42)34(36(46)45(25)2)31-21-20-26(30-19-12-22-43-35(30)31)24-33(37(47)48)44-38(27-13-6-3-7-14-27,28-15-8-4-9-16-28)29-17-10-5-11-18-29/h3-23,33,44H,24H2,1-2H3,(H,47,48)/t33-/m0/s1. The van der Waals surface area contributed by atoms with Crippen LogP contribution in [0.3, 0.4) is 0 Å². The lowest BCUT2D eigenvalue weighted by Gasteiger charge is -2.39. The molecule has 0 amide bonds. The van der Waals surface area contributed by atoms with Crippen LogP contribution in [0.15, 0.2) is 132 Å². The largest absolute Gasteiger partial charge is 0.480 e. The molecule has 9 heteroatoms. The van der Waals surface area contributed by atoms with Crippen LogP contribution in [0.5, 0.6) is 0 Å². The van der Waals surface area contributed by atoms with Gasteiger partial charge in [0.15, 0.2) is 0 Å². The molecule has 0 radical (unpaired) electrons. The Morgan fingerprint density at radius 3 is 1.88 bits per heavy atom. The number of carboxylic acid groups (broad SMARTS) is 1. The van der Waals surface area contributed by atoms with Gasteiger partial charge < -0.3 is 9.67 Å². The zero-order valence-corrected chi connectivity index (χ0v) is 26.2. The van der Waals surface area contributed by atoms with Crippen molar-refractivity contribution in [3.8, 4) is 11.1 Å². The summed E-state index contributed by atoms with van der Waals surface area (Å²) in [5.41, 5.74) is -0.0639. The highest BCUT2D eigenvalue weighted by atomic mass is 19.4. The van der Waals surface area contributed by atoms with Gasteiger partial charge in [0.05, 0.1) is 22.2 Å². The maximum Gasteiger partial charge on any atom is 0.417 e. The van der Waals surface area contributed by atoms with E-state index in [1.54, 1.807) is 18.2 Å². The van der Waals surface area contributed by atoms with E-state index in [4.69, 9.17) is 0 Å². The second-order valence-corrected chi connectivity index (χ2v) is 11.7. The molecular weight excluding hydrogens is 615 g/mol. The van der Waals surface area contributed by atoms with Gasteiger partial charge in [-0.15, -0.1) is 0 Å². The first-order valence-electron chi connectivity index (χ1n) is 15.3. The number of fused-ring (bicyclic) bond motifs is 1. The highest BCUT2D eigenvalue weighted by Gasteiger charge is 2.40. The van der Waals surface area contributed by atoms with E-state index in [2.05, 4.69) is 10.3 Å². The fourth-order valence-corrected chi connectivity index (χ4v) is 6.41. The number of alkyl halides is 3. The lowest BCUT2D eigenvalue weighted by atomic mass is 9.76. The molecule has 48 heavy (non-hydrogen) atoms. The average Bonchev–Trinajstić information content (AvgIpc) is 3.10. The van der Waals surface area contributed by atoms with Crippen LogP contribution >= 0.6 is 0 Å². The third-order valence-electron chi connectivity index (χ3n) is 8.84. The number of halogens is 3. The molecule has 242 valence electrons. The van der Waals surface area contributed by atoms with Crippen LogP contribution in [0, 0.1) is 6.92 Å². The summed E-state index contributed by atoms with van der Waals surface area (Å²) >= 11 is 0. The molecule has 6 rings (SSSR count). The van der Waals surface area contributed by atoms with E-state index in [-0.39, 0.29) is 23.2 Å². The highest BCUT2D eigenvalue weighted by molar-refractivity contribution is 5.96. The van der Waals surface area contributed by atoms with Gasteiger partial charge in [-0.05, 0) is 47.7 Å². The van der Waals surface area contributed by atoms with Gasteiger partial charge in [-0.1, -0.05) is 109 Å². The summed E-state index contributed by atoms with van der Waals surface area (Å²) in [6.45, 7) is 1.44. The first-order valence-corrected chi connectivity index (χ1v) is 15.3. The molecule has 0 saturated heterocycles. The summed E-state index contributed by atoms with van der Waals surface area (Å²) in [6, 6.07) is 34.9. The van der Waals surface area contributed by atoms with Crippen molar-refractivity contribution < 1.29 is 23.1 Å². The van der Waals surface area contributed by atoms with Crippen molar-refractivity contribution in [3.63, 3.8) is 0 Å². The van der Waals surface area contributed by atoms with Gasteiger partial charge in [-0.3, -0.25) is 19.9 Å². The Hall–Kier alpha value is -5.54. The minimum absolute atomic E-state index is 0.0225. The highest BCUT2D eigenvalue weighted by Crippen LogP contribution is 2.40. The monoisotopic (exact) mass is 647 g/mol. The smallest absolute Gasteiger partial charge is 0.417 e. The maximum absolute atomic E-state index is 14.3. The summed E-state index contributed by atoms with van der Waals surface area (Å²) in [5, 5.41) is 14.7. The second-order valence-electron chi connectivity index (χ2n) is 11.7. The van der Waals surface area contributed by atoms with Gasteiger partial charge in [0.25, 0.3) is 5.56 Å². The van der Waals surface area contributed by atoms with Gasteiger partial charge in [0.1, 0.15) is 6.04 Å². The minimum atomic E-state index is -4.79. The average molecular weight is 648 g/mol. The molecule has 2 N–H and O–H groups in total. The molecule has 4 aromatic carbocycles. The Kier molecular flexibility index (Phi) is 8.73. The number of aryl methyl sites for hydroxylation is 1. The van der Waals surface area contributed by atoms with E-state index >= 15 is 0 Å².